The van der Waals surface area contributed by atoms with Crippen LogP contribution in [0.25, 0.3) is 0 Å². The van der Waals surface area contributed by atoms with E-state index >= 15 is 0 Å². The molecule has 1 unspecified atom stereocenters. The molecule has 3 rings (SSSR count). The predicted octanol–water partition coefficient (Wildman–Crippen LogP) is 5.04. The highest BCUT2D eigenvalue weighted by molar-refractivity contribution is 5.89. The van der Waals surface area contributed by atoms with Crippen LogP contribution in [0.15, 0.2) is 91.0 Å². The molecule has 4 amide bonds. The molecule has 0 aliphatic heterocycles. The average molecular weight is 677 g/mol. The number of carbonyl (C=O) groups is 5. The zero-order valence-corrected chi connectivity index (χ0v) is 27.3. The number of rotatable bonds is 20. The Morgan fingerprint density at radius 2 is 0.898 bits per heavy atom. The van der Waals surface area contributed by atoms with Crippen LogP contribution in [0.3, 0.4) is 0 Å². The number of hydrogen-bond donors (Lipinski definition) is 5. The van der Waals surface area contributed by atoms with Crippen molar-refractivity contribution in [2.24, 2.45) is 0 Å². The van der Waals surface area contributed by atoms with Gasteiger partial charge >= 0.3 is 24.2 Å². The minimum absolute atomic E-state index is 0.0123. The predicted molar refractivity (Wildman–Crippen MR) is 180 cm³/mol. The van der Waals surface area contributed by atoms with Crippen molar-refractivity contribution in [2.75, 3.05) is 13.1 Å². The number of hydrogen-bond acceptors (Lipinski definition) is 8. The SMILES string of the molecule is O=C(NCCCCC(NC(=O)[C@H](CCCCNC(=O)OCc1ccccc1)NC(=O)OCc1ccccc1)C(=O)O)OCc1ccccc1. The Labute approximate surface area is 285 Å². The van der Waals surface area contributed by atoms with E-state index in [2.05, 4.69) is 21.3 Å². The van der Waals surface area contributed by atoms with Crippen LogP contribution in [0.1, 0.15) is 55.2 Å². The van der Waals surface area contributed by atoms with Gasteiger partial charge in [-0.05, 0) is 55.2 Å². The number of carboxylic acids is 1. The number of aliphatic carboxylic acids is 1. The van der Waals surface area contributed by atoms with Crippen LogP contribution in [0.2, 0.25) is 0 Å². The zero-order valence-electron chi connectivity index (χ0n) is 27.3. The molecule has 0 radical (unpaired) electrons. The lowest BCUT2D eigenvalue weighted by atomic mass is 10.1. The van der Waals surface area contributed by atoms with Crippen molar-refractivity contribution in [2.45, 2.75) is 70.4 Å². The molecule has 0 spiro atoms. The summed E-state index contributed by atoms with van der Waals surface area (Å²) in [5.74, 6) is -1.91. The molecule has 2 atom stereocenters. The van der Waals surface area contributed by atoms with E-state index in [1.807, 2.05) is 66.7 Å². The number of amides is 4. The van der Waals surface area contributed by atoms with Gasteiger partial charge < -0.3 is 40.6 Å². The zero-order chi connectivity index (χ0) is 35.1. The van der Waals surface area contributed by atoms with Crippen LogP contribution >= 0.6 is 0 Å². The van der Waals surface area contributed by atoms with Crippen LogP contribution in [0, 0.1) is 0 Å². The molecule has 0 aliphatic carbocycles. The topological polar surface area (TPSA) is 181 Å². The number of nitrogens with one attached hydrogen (secondary N) is 4. The third-order valence-corrected chi connectivity index (χ3v) is 7.24. The van der Waals surface area contributed by atoms with Crippen molar-refractivity contribution in [1.29, 1.82) is 0 Å². The van der Waals surface area contributed by atoms with Crippen LogP contribution in [-0.2, 0) is 43.6 Å². The van der Waals surface area contributed by atoms with Gasteiger partial charge in [0.15, 0.2) is 0 Å². The van der Waals surface area contributed by atoms with Crippen LogP contribution in [0.5, 0.6) is 0 Å². The number of unbranched alkanes of at least 4 members (excludes halogenated alkanes) is 2. The molecule has 0 heterocycles. The Bertz CT molecular complexity index is 1440. The Kier molecular flexibility index (Phi) is 17.1. The fourth-order valence-electron chi connectivity index (χ4n) is 4.58. The fraction of sp³-hybridized carbons (Fsp3) is 0.361. The van der Waals surface area contributed by atoms with Gasteiger partial charge in [-0.3, -0.25) is 4.79 Å². The third-order valence-electron chi connectivity index (χ3n) is 7.24. The van der Waals surface area contributed by atoms with Gasteiger partial charge in [0.05, 0.1) is 0 Å². The maximum absolute atomic E-state index is 13.2. The summed E-state index contributed by atoms with van der Waals surface area (Å²) in [6, 6.07) is 25.2. The van der Waals surface area contributed by atoms with Gasteiger partial charge in [0, 0.05) is 13.1 Å². The normalized spacial score (nSPS) is 11.7. The minimum Gasteiger partial charge on any atom is -0.480 e. The Morgan fingerprint density at radius 3 is 1.31 bits per heavy atom. The summed E-state index contributed by atoms with van der Waals surface area (Å²) in [6.07, 6.45) is -0.00899. The molecule has 0 saturated heterocycles. The second kappa shape index (κ2) is 22.1. The van der Waals surface area contributed by atoms with E-state index in [0.29, 0.717) is 25.7 Å². The van der Waals surface area contributed by atoms with E-state index in [1.54, 1.807) is 24.3 Å². The first-order valence-electron chi connectivity index (χ1n) is 16.2. The van der Waals surface area contributed by atoms with Crippen LogP contribution in [-0.4, -0.2) is 60.4 Å². The van der Waals surface area contributed by atoms with Crippen LogP contribution < -0.4 is 21.3 Å². The third kappa shape index (κ3) is 16.2. The first-order chi connectivity index (χ1) is 23.8. The lowest BCUT2D eigenvalue weighted by Crippen LogP contribution is -2.51. The van der Waals surface area contributed by atoms with Crippen molar-refractivity contribution in [3.05, 3.63) is 108 Å². The van der Waals surface area contributed by atoms with Gasteiger partial charge in [0.1, 0.15) is 31.9 Å². The molecule has 0 bridgehead atoms. The Balaban J connectivity index is 1.43. The van der Waals surface area contributed by atoms with Crippen LogP contribution in [0.4, 0.5) is 14.4 Å². The molecule has 49 heavy (non-hydrogen) atoms. The Hall–Kier alpha value is -5.59. The minimum atomic E-state index is -1.23. The number of benzene rings is 3. The second-order valence-corrected chi connectivity index (χ2v) is 11.1. The number of carbonyl (C=O) groups excluding carboxylic acids is 4. The summed E-state index contributed by atoms with van der Waals surface area (Å²) >= 11 is 0. The van der Waals surface area contributed by atoms with Crippen molar-refractivity contribution in [1.82, 2.24) is 21.3 Å². The highest BCUT2D eigenvalue weighted by Gasteiger charge is 2.26. The fourth-order valence-corrected chi connectivity index (χ4v) is 4.58. The van der Waals surface area contributed by atoms with Gasteiger partial charge in [0.25, 0.3) is 0 Å². The highest BCUT2D eigenvalue weighted by Crippen LogP contribution is 2.08. The van der Waals surface area contributed by atoms with Crippen molar-refractivity contribution < 1.29 is 43.3 Å². The summed E-state index contributed by atoms with van der Waals surface area (Å²) < 4.78 is 15.6. The molecule has 262 valence electrons. The first kappa shape index (κ1) is 37.9. The average Bonchev–Trinajstić information content (AvgIpc) is 3.12. The molecule has 0 saturated carbocycles. The molecular formula is C36H44N4O9. The standard InChI is InChI=1S/C36H44N4O9/c41-32(39-31(33(42)43)21-11-13-23-38-35(45)48-25-28-16-6-2-7-17-28)30(40-36(46)49-26-29-18-8-3-9-19-29)20-10-12-22-37-34(44)47-24-27-14-4-1-5-15-27/h1-9,14-19,30-31H,10-13,20-26H2,(H,37,44)(H,38,45)(H,39,41)(H,40,46)(H,42,43)/t30-,31?/m0/s1. The van der Waals surface area contributed by atoms with Crippen molar-refractivity contribution in [3.63, 3.8) is 0 Å². The quantitative estimate of drug-likeness (QED) is 0.0809. The van der Waals surface area contributed by atoms with Crippen molar-refractivity contribution in [3.8, 4) is 0 Å². The van der Waals surface area contributed by atoms with Gasteiger partial charge in [0.2, 0.25) is 5.91 Å². The number of carboxylic acid groups (broad SMARTS) is 1. The molecule has 13 nitrogen and oxygen atoms in total. The maximum atomic E-state index is 13.2. The summed E-state index contributed by atoms with van der Waals surface area (Å²) in [4.78, 5) is 61.8. The van der Waals surface area contributed by atoms with Gasteiger partial charge in [-0.1, -0.05) is 91.0 Å². The molecule has 5 N–H and O–H groups in total. The molecular weight excluding hydrogens is 632 g/mol. The molecule has 13 heteroatoms. The van der Waals surface area contributed by atoms with E-state index in [1.165, 1.54) is 0 Å². The van der Waals surface area contributed by atoms with Gasteiger partial charge in [-0.2, -0.15) is 0 Å². The van der Waals surface area contributed by atoms with Crippen molar-refractivity contribution >= 4 is 30.2 Å². The van der Waals surface area contributed by atoms with E-state index in [0.717, 1.165) is 16.7 Å². The molecule has 3 aromatic carbocycles. The molecule has 0 aliphatic rings. The van der Waals surface area contributed by atoms with E-state index in [-0.39, 0.29) is 45.8 Å². The van der Waals surface area contributed by atoms with E-state index < -0.39 is 42.2 Å². The van der Waals surface area contributed by atoms with Gasteiger partial charge in [-0.15, -0.1) is 0 Å². The molecule has 0 fully saturated rings. The van der Waals surface area contributed by atoms with E-state index in [4.69, 9.17) is 14.2 Å². The summed E-state index contributed by atoms with van der Waals surface area (Å²) in [5.41, 5.74) is 2.46. The highest BCUT2D eigenvalue weighted by atomic mass is 16.6. The lowest BCUT2D eigenvalue weighted by molar-refractivity contribution is -0.142. The summed E-state index contributed by atoms with van der Waals surface area (Å²) in [5, 5.41) is 20.1. The van der Waals surface area contributed by atoms with Gasteiger partial charge in [-0.25, -0.2) is 19.2 Å². The summed E-state index contributed by atoms with van der Waals surface area (Å²) in [7, 11) is 0. The smallest absolute Gasteiger partial charge is 0.408 e. The molecule has 3 aromatic rings. The number of alkyl carbamates (subject to hydrolysis) is 3. The monoisotopic (exact) mass is 676 g/mol. The second-order valence-electron chi connectivity index (χ2n) is 11.1. The summed E-state index contributed by atoms with van der Waals surface area (Å²) in [6.45, 7) is 0.784. The Morgan fingerprint density at radius 1 is 0.510 bits per heavy atom. The largest absolute Gasteiger partial charge is 0.480 e. The maximum Gasteiger partial charge on any atom is 0.408 e. The lowest BCUT2D eigenvalue weighted by Gasteiger charge is -2.21. The first-order valence-corrected chi connectivity index (χ1v) is 16.2. The number of ether oxygens (including phenoxy) is 3. The van der Waals surface area contributed by atoms with E-state index in [9.17, 15) is 29.1 Å². The molecule has 0 aromatic heterocycles.